The molecule has 6 aliphatic rings. The molecule has 0 N–H and O–H groups in total. The molecule has 0 nitrogen and oxygen atoms in total. The van der Waals surface area contributed by atoms with Crippen molar-refractivity contribution in [1.82, 2.24) is 0 Å². The predicted molar refractivity (Wildman–Crippen MR) is 157 cm³/mol. The van der Waals surface area contributed by atoms with Gasteiger partial charge < -0.3 is 0 Å². The molecule has 1 saturated carbocycles. The fourth-order valence-corrected chi connectivity index (χ4v) is 35.3. The zero-order chi connectivity index (χ0) is 20.2. The molecular weight excluding hydrogens is 789 g/mol. The third kappa shape index (κ3) is 4.78. The van der Waals surface area contributed by atoms with Gasteiger partial charge in [-0.2, -0.15) is 0 Å². The predicted octanol–water partition coefficient (Wildman–Crippen LogP) is 7.78. The summed E-state index contributed by atoms with van der Waals surface area (Å²) in [7, 11) is 0. The minimum atomic E-state index is 0.679. The van der Waals surface area contributed by atoms with Crippen molar-refractivity contribution in [1.29, 1.82) is 0 Å². The van der Waals surface area contributed by atoms with Crippen molar-refractivity contribution >= 4 is 154 Å². The van der Waals surface area contributed by atoms with Crippen LogP contribution in [0.2, 0.25) is 11.6 Å². The van der Waals surface area contributed by atoms with Crippen molar-refractivity contribution in [3.05, 3.63) is 39.8 Å². The van der Waals surface area contributed by atoms with E-state index in [1.54, 1.807) is 29.7 Å². The molecule has 0 aromatic carbocycles. The first kappa shape index (κ1) is 23.9. The van der Waals surface area contributed by atoms with E-state index in [-0.39, 0.29) is 0 Å². The summed E-state index contributed by atoms with van der Waals surface area (Å²) in [5.74, 6) is 4.85. The van der Waals surface area contributed by atoms with Crippen LogP contribution >= 0.6 is 94.1 Å². The molecule has 1 aliphatic carbocycles. The molecule has 12 heteroatoms. The van der Waals surface area contributed by atoms with Crippen LogP contribution in [0.1, 0.15) is 25.7 Å². The third-order valence-corrected chi connectivity index (χ3v) is 34.1. The van der Waals surface area contributed by atoms with Gasteiger partial charge in [0.15, 0.2) is 0 Å². The van der Waals surface area contributed by atoms with Gasteiger partial charge in [-0.15, -0.1) is 0 Å². The van der Waals surface area contributed by atoms with Crippen LogP contribution < -0.4 is 0 Å². The number of hydrogen-bond acceptors (Lipinski definition) is 8. The van der Waals surface area contributed by atoms with Gasteiger partial charge in [-0.05, 0) is 0 Å². The van der Waals surface area contributed by atoms with Gasteiger partial charge in [-0.1, -0.05) is 12.8 Å². The number of hydrogen-bond donors (Lipinski definition) is 0. The second kappa shape index (κ2) is 10.5. The minimum absolute atomic E-state index is 0.679. The molecule has 5 aliphatic heterocycles. The summed E-state index contributed by atoms with van der Waals surface area (Å²) in [6, 6.07) is 0. The van der Waals surface area contributed by atoms with E-state index in [0.717, 1.165) is 40.4 Å². The third-order valence-electron chi connectivity index (χ3n) is 4.85. The molecule has 160 valence electrons. The van der Waals surface area contributed by atoms with E-state index in [4.69, 9.17) is 0 Å². The van der Waals surface area contributed by atoms with E-state index in [1.807, 2.05) is 10.1 Å². The number of rotatable bonds is 2. The standard InChI is InChI=1S/C18H16S8Se4/c1-27-17-18(28-2)30-16(29-17)15-25-13-14(26-15)24-12(23-13)11-21-9-10(22-11)20-8-6-4-3-5-7(8)19-9/h7-8H,3-6H2,1-2H3. The molecule has 0 bridgehead atoms. The topological polar surface area (TPSA) is 0 Å². The van der Waals surface area contributed by atoms with E-state index in [0.29, 0.717) is 29.9 Å². The van der Waals surface area contributed by atoms with Crippen LogP contribution in [-0.4, -0.2) is 70.3 Å². The van der Waals surface area contributed by atoms with Gasteiger partial charge in [0.25, 0.3) is 0 Å². The SMILES string of the molecule is C[Se]C1=C([Se]C)[Se]C(=C2SC3=C(SC(=C4SC5=C(S4)SC4CCCCC4S5)S3)S2)[Se]1. The molecular formula is C18H16S8Se4. The monoisotopic (exact) mass is 808 g/mol. The van der Waals surface area contributed by atoms with Crippen molar-refractivity contribution in [2.75, 3.05) is 0 Å². The van der Waals surface area contributed by atoms with Crippen LogP contribution in [0.5, 0.6) is 0 Å². The molecule has 0 aromatic heterocycles. The normalized spacial score (nSPS) is 31.4. The van der Waals surface area contributed by atoms with E-state index < -0.39 is 0 Å². The maximum atomic E-state index is 2.42. The molecule has 2 unspecified atom stereocenters. The van der Waals surface area contributed by atoms with E-state index in [9.17, 15) is 0 Å². The number of thioether (sulfide) groups is 8. The van der Waals surface area contributed by atoms with Gasteiger partial charge >= 0.3 is 229 Å². The Hall–Kier alpha value is 3.58. The molecule has 0 amide bonds. The van der Waals surface area contributed by atoms with Crippen LogP contribution in [0.25, 0.3) is 0 Å². The fraction of sp³-hybridized carbons (Fsp3) is 0.444. The second-order valence-electron chi connectivity index (χ2n) is 6.70. The first-order valence-corrected chi connectivity index (χ1v) is 24.5. The molecule has 6 rings (SSSR count). The Kier molecular flexibility index (Phi) is 8.39. The second-order valence-corrected chi connectivity index (χ2v) is 28.8. The summed E-state index contributed by atoms with van der Waals surface area (Å²) in [5, 5.41) is 1.75. The summed E-state index contributed by atoms with van der Waals surface area (Å²) in [6.07, 6.45) is 5.74. The van der Waals surface area contributed by atoms with Crippen LogP contribution in [0.4, 0.5) is 0 Å². The Morgan fingerprint density at radius 1 is 0.600 bits per heavy atom. The summed E-state index contributed by atoms with van der Waals surface area (Å²) in [5.41, 5.74) is 0. The average Bonchev–Trinajstić information content (AvgIpc) is 3.51. The summed E-state index contributed by atoms with van der Waals surface area (Å²) >= 11 is 19.8. The Morgan fingerprint density at radius 3 is 1.43 bits per heavy atom. The van der Waals surface area contributed by atoms with E-state index in [2.05, 4.69) is 106 Å². The summed E-state index contributed by atoms with van der Waals surface area (Å²) in [6.45, 7) is 0. The van der Waals surface area contributed by atoms with Crippen LogP contribution in [0.15, 0.2) is 39.8 Å². The van der Waals surface area contributed by atoms with Gasteiger partial charge in [0.2, 0.25) is 0 Å². The van der Waals surface area contributed by atoms with Gasteiger partial charge in [0.1, 0.15) is 0 Å². The molecule has 0 saturated heterocycles. The molecule has 0 spiro atoms. The Balaban J connectivity index is 1.12. The quantitative estimate of drug-likeness (QED) is 0.257. The molecule has 0 aromatic rings. The average molecular weight is 805 g/mol. The van der Waals surface area contributed by atoms with Crippen LogP contribution in [0, 0.1) is 0 Å². The first-order chi connectivity index (χ1) is 14.7. The first-order valence-electron chi connectivity index (χ1n) is 9.27. The van der Waals surface area contributed by atoms with Crippen LogP contribution in [-0.2, 0) is 0 Å². The van der Waals surface area contributed by atoms with Crippen molar-refractivity contribution < 1.29 is 0 Å². The summed E-state index contributed by atoms with van der Waals surface area (Å²) in [4.78, 5) is 0. The van der Waals surface area contributed by atoms with Gasteiger partial charge in [-0.3, -0.25) is 0 Å². The molecule has 30 heavy (non-hydrogen) atoms. The Bertz CT molecular complexity index is 897. The Labute approximate surface area is 238 Å². The van der Waals surface area contributed by atoms with Crippen LogP contribution in [0.3, 0.4) is 0 Å². The molecule has 1 fully saturated rings. The zero-order valence-electron chi connectivity index (χ0n) is 15.9. The van der Waals surface area contributed by atoms with Gasteiger partial charge in [0.05, 0.1) is 0 Å². The molecule has 5 heterocycles. The van der Waals surface area contributed by atoms with E-state index >= 15 is 0 Å². The van der Waals surface area contributed by atoms with Crippen molar-refractivity contribution in [3.8, 4) is 0 Å². The fourth-order valence-electron chi connectivity index (χ4n) is 3.47. The van der Waals surface area contributed by atoms with Crippen molar-refractivity contribution in [2.45, 2.75) is 47.8 Å². The molecule has 0 radical (unpaired) electrons. The van der Waals surface area contributed by atoms with Gasteiger partial charge in [-0.25, -0.2) is 0 Å². The van der Waals surface area contributed by atoms with Crippen molar-refractivity contribution in [2.24, 2.45) is 0 Å². The maximum absolute atomic E-state index is 2.42. The number of fused-ring (bicyclic) bond motifs is 1. The summed E-state index contributed by atoms with van der Waals surface area (Å²) < 4.78 is 16.9. The zero-order valence-corrected chi connectivity index (χ0v) is 29.3. The van der Waals surface area contributed by atoms with Crippen molar-refractivity contribution in [3.63, 3.8) is 0 Å². The van der Waals surface area contributed by atoms with E-state index in [1.165, 1.54) is 25.7 Å². The van der Waals surface area contributed by atoms with Gasteiger partial charge in [0, 0.05) is 0 Å². The molecule has 2 atom stereocenters. The Morgan fingerprint density at radius 2 is 1.00 bits per heavy atom.